The second-order valence-corrected chi connectivity index (χ2v) is 9.73. The monoisotopic (exact) mass is 493 g/mol. The highest BCUT2D eigenvalue weighted by Gasteiger charge is 2.29. The Bertz CT molecular complexity index is 1350. The number of nitrogens with one attached hydrogen (secondary N) is 4. The van der Waals surface area contributed by atoms with Gasteiger partial charge in [0.25, 0.3) is 0 Å². The molecular formula is C23H27N9O2S. The minimum Gasteiger partial charge on any atom is -0.374 e. The molecule has 2 atom stereocenters. The lowest BCUT2D eigenvalue weighted by Gasteiger charge is -2.13. The lowest BCUT2D eigenvalue weighted by atomic mass is 10.3. The number of nitrogens with two attached hydrogens (primary N) is 1. The molecule has 0 bridgehead atoms. The summed E-state index contributed by atoms with van der Waals surface area (Å²) < 4.78 is 1.66. The average molecular weight is 494 g/mol. The highest BCUT2D eigenvalue weighted by Crippen LogP contribution is 2.34. The first-order valence-electron chi connectivity index (χ1n) is 11.3. The van der Waals surface area contributed by atoms with Crippen molar-refractivity contribution < 1.29 is 9.90 Å². The van der Waals surface area contributed by atoms with Crippen molar-refractivity contribution in [1.29, 1.82) is 0 Å². The largest absolute Gasteiger partial charge is 0.374 e. The molecule has 7 N–H and O–H groups in total. The van der Waals surface area contributed by atoms with Crippen molar-refractivity contribution in [1.82, 2.24) is 24.8 Å². The molecule has 1 aliphatic carbocycles. The number of H-pyrrole nitrogens is 1. The topological polar surface area (TPSA) is 158 Å². The maximum absolute atomic E-state index is 12.1. The Morgan fingerprint density at radius 3 is 2.69 bits per heavy atom. The number of aliphatic hydroxyl groups is 1. The number of anilines is 4. The second-order valence-electron chi connectivity index (χ2n) is 8.69. The Hall–Kier alpha value is -3.61. The zero-order valence-electron chi connectivity index (χ0n) is 19.3. The molecule has 1 aliphatic rings. The zero-order valence-corrected chi connectivity index (χ0v) is 20.1. The molecule has 0 saturated heterocycles. The van der Waals surface area contributed by atoms with Crippen molar-refractivity contribution in [2.24, 2.45) is 11.7 Å². The van der Waals surface area contributed by atoms with E-state index >= 15 is 0 Å². The van der Waals surface area contributed by atoms with Gasteiger partial charge in [0.05, 0.1) is 17.9 Å². The first kappa shape index (κ1) is 23.1. The van der Waals surface area contributed by atoms with Gasteiger partial charge in [-0.25, -0.2) is 9.50 Å². The smallest absolute Gasteiger partial charge is 0.241 e. The van der Waals surface area contributed by atoms with Crippen molar-refractivity contribution in [3.63, 3.8) is 0 Å². The van der Waals surface area contributed by atoms with Crippen LogP contribution in [0.25, 0.3) is 5.52 Å². The van der Waals surface area contributed by atoms with E-state index in [1.54, 1.807) is 23.7 Å². The Morgan fingerprint density at radius 1 is 1.26 bits per heavy atom. The molecule has 1 unspecified atom stereocenters. The molecule has 0 spiro atoms. The van der Waals surface area contributed by atoms with E-state index < -0.39 is 12.3 Å². The summed E-state index contributed by atoms with van der Waals surface area (Å²) in [5.41, 5.74) is 8.69. The predicted molar refractivity (Wildman–Crippen MR) is 135 cm³/mol. The number of benzene rings is 1. The van der Waals surface area contributed by atoms with Crippen molar-refractivity contribution in [2.45, 2.75) is 49.0 Å². The quantitative estimate of drug-likeness (QED) is 0.193. The molecule has 4 aromatic rings. The number of aliphatic hydroxyl groups excluding tert-OH is 1. The van der Waals surface area contributed by atoms with Gasteiger partial charge < -0.3 is 26.8 Å². The van der Waals surface area contributed by atoms with E-state index in [1.165, 1.54) is 11.8 Å². The number of aromatic amines is 1. The molecule has 1 saturated carbocycles. The minimum atomic E-state index is -0.636. The number of fused-ring (bicyclic) bond motifs is 1. The maximum Gasteiger partial charge on any atom is 0.241 e. The van der Waals surface area contributed by atoms with Gasteiger partial charge in [-0.05, 0) is 68.8 Å². The van der Waals surface area contributed by atoms with Gasteiger partial charge in [0.2, 0.25) is 11.1 Å². The van der Waals surface area contributed by atoms with Gasteiger partial charge in [0, 0.05) is 28.3 Å². The average Bonchev–Trinajstić information content (AvgIpc) is 3.48. The summed E-state index contributed by atoms with van der Waals surface area (Å²) in [5.74, 6) is 1.21. The Morgan fingerprint density at radius 2 is 2.03 bits per heavy atom. The maximum atomic E-state index is 12.1. The van der Waals surface area contributed by atoms with Crippen LogP contribution in [0, 0.1) is 12.8 Å². The molecule has 1 fully saturated rings. The number of amides is 1. The molecular weight excluding hydrogens is 466 g/mol. The Labute approximate surface area is 205 Å². The molecule has 5 rings (SSSR count). The Balaban J connectivity index is 1.41. The summed E-state index contributed by atoms with van der Waals surface area (Å²) in [4.78, 5) is 17.7. The van der Waals surface area contributed by atoms with Crippen LogP contribution >= 0.6 is 11.8 Å². The van der Waals surface area contributed by atoms with E-state index in [0.29, 0.717) is 33.9 Å². The molecule has 35 heavy (non-hydrogen) atoms. The van der Waals surface area contributed by atoms with Crippen molar-refractivity contribution in [3.05, 3.63) is 48.3 Å². The fourth-order valence-electron chi connectivity index (χ4n) is 3.47. The lowest BCUT2D eigenvalue weighted by molar-refractivity contribution is -0.117. The summed E-state index contributed by atoms with van der Waals surface area (Å²) in [5, 5.41) is 31.5. The zero-order chi connectivity index (χ0) is 24.5. The molecule has 182 valence electrons. The van der Waals surface area contributed by atoms with Gasteiger partial charge in [-0.15, -0.1) is 5.10 Å². The summed E-state index contributed by atoms with van der Waals surface area (Å²) in [6, 6.07) is 10.8. The standard InChI is InChI=1S/C23H27N9O2S/c1-12-9-19(30-29-12)27-20-18-10-16(26-21(33)13(2)24)11-32(18)31-23(28-20)35-17-7-5-15(6-8-17)25-22(34)14-3-4-14/h5-11,13-14,22,25,34H,3-4,24H2,1-2H3,(H,26,33)(H2,27,28,29,30,31)/t13-,22?/m1/s1. The van der Waals surface area contributed by atoms with Crippen LogP contribution in [-0.2, 0) is 4.79 Å². The van der Waals surface area contributed by atoms with Gasteiger partial charge in [0.15, 0.2) is 11.6 Å². The molecule has 12 heteroatoms. The van der Waals surface area contributed by atoms with Crippen molar-refractivity contribution in [3.8, 4) is 0 Å². The van der Waals surface area contributed by atoms with Crippen molar-refractivity contribution in [2.75, 3.05) is 16.0 Å². The molecule has 1 aromatic carbocycles. The number of aryl methyl sites for hydroxylation is 1. The lowest BCUT2D eigenvalue weighted by Crippen LogP contribution is -2.32. The Kier molecular flexibility index (Phi) is 6.32. The van der Waals surface area contributed by atoms with E-state index in [1.807, 2.05) is 37.3 Å². The van der Waals surface area contributed by atoms with Crippen LogP contribution < -0.4 is 21.7 Å². The van der Waals surface area contributed by atoms with Gasteiger partial charge in [0.1, 0.15) is 11.7 Å². The van der Waals surface area contributed by atoms with Crippen LogP contribution in [0.15, 0.2) is 52.6 Å². The normalized spacial score (nSPS) is 15.1. The van der Waals surface area contributed by atoms with Gasteiger partial charge >= 0.3 is 0 Å². The summed E-state index contributed by atoms with van der Waals surface area (Å²) in [6.07, 6.45) is 3.33. The SMILES string of the molecule is Cc1cc(Nc2nc(Sc3ccc(NC(O)C4CC4)cc3)nn3cc(NC(=O)[C@@H](C)N)cc23)n[nH]1. The molecule has 0 radical (unpaired) electrons. The highest BCUT2D eigenvalue weighted by atomic mass is 32.2. The van der Waals surface area contributed by atoms with Crippen molar-refractivity contribution >= 4 is 46.2 Å². The molecule has 3 heterocycles. The molecule has 3 aromatic heterocycles. The molecule has 0 aliphatic heterocycles. The molecule has 1 amide bonds. The third-order valence-electron chi connectivity index (χ3n) is 5.52. The van der Waals surface area contributed by atoms with Crippen LogP contribution in [0.1, 0.15) is 25.5 Å². The fourth-order valence-corrected chi connectivity index (χ4v) is 4.22. The third kappa shape index (κ3) is 5.56. The minimum absolute atomic E-state index is 0.290. The third-order valence-corrected chi connectivity index (χ3v) is 6.39. The van der Waals surface area contributed by atoms with E-state index in [2.05, 4.69) is 31.2 Å². The number of hydrogen-bond acceptors (Lipinski definition) is 9. The van der Waals surface area contributed by atoms with E-state index in [9.17, 15) is 9.90 Å². The van der Waals surface area contributed by atoms with Gasteiger partial charge in [-0.2, -0.15) is 5.10 Å². The number of carbonyl (C=O) groups excluding carboxylic acids is 1. The predicted octanol–water partition coefficient (Wildman–Crippen LogP) is 3.08. The van der Waals surface area contributed by atoms with E-state index in [-0.39, 0.29) is 5.91 Å². The second kappa shape index (κ2) is 9.56. The van der Waals surface area contributed by atoms with E-state index in [4.69, 9.17) is 10.7 Å². The van der Waals surface area contributed by atoms with Crippen LogP contribution in [-0.4, -0.2) is 48.1 Å². The highest BCUT2D eigenvalue weighted by molar-refractivity contribution is 7.99. The van der Waals surface area contributed by atoms with Crippen LogP contribution in [0.2, 0.25) is 0 Å². The van der Waals surface area contributed by atoms with E-state index in [0.717, 1.165) is 29.1 Å². The number of rotatable bonds is 9. The molecule has 11 nitrogen and oxygen atoms in total. The van der Waals surface area contributed by atoms with Gasteiger partial charge in [-0.1, -0.05) is 0 Å². The van der Waals surface area contributed by atoms with Crippen LogP contribution in [0.3, 0.4) is 0 Å². The van der Waals surface area contributed by atoms with Gasteiger partial charge in [-0.3, -0.25) is 9.89 Å². The summed E-state index contributed by atoms with van der Waals surface area (Å²) in [6.45, 7) is 3.54. The summed E-state index contributed by atoms with van der Waals surface area (Å²) >= 11 is 1.40. The summed E-state index contributed by atoms with van der Waals surface area (Å²) in [7, 11) is 0. The number of aromatic nitrogens is 5. The number of carbonyl (C=O) groups is 1. The fraction of sp³-hybridized carbons (Fsp3) is 0.304. The van der Waals surface area contributed by atoms with Crippen LogP contribution in [0.4, 0.5) is 23.0 Å². The number of hydrogen-bond donors (Lipinski definition) is 6. The first-order chi connectivity index (χ1) is 16.8. The number of nitrogens with zero attached hydrogens (tertiary/aromatic N) is 4. The van der Waals surface area contributed by atoms with Crippen LogP contribution in [0.5, 0.6) is 0 Å². The first-order valence-corrected chi connectivity index (χ1v) is 12.1.